The van der Waals surface area contributed by atoms with Crippen LogP contribution in [0.3, 0.4) is 0 Å². The molecular weight excluding hydrogens is 649 g/mol. The van der Waals surface area contributed by atoms with Crippen LogP contribution in [0.15, 0.2) is 17.9 Å². The summed E-state index contributed by atoms with van der Waals surface area (Å²) in [6.07, 6.45) is 14.5. The number of amides is 2. The van der Waals surface area contributed by atoms with E-state index in [1.165, 1.54) is 11.0 Å². The second-order valence-corrected chi connectivity index (χ2v) is 15.8. The first-order valence-corrected chi connectivity index (χ1v) is 20.6. The molecule has 278 valence electrons. The summed E-state index contributed by atoms with van der Waals surface area (Å²) in [4.78, 5) is 44.9. The van der Waals surface area contributed by atoms with Gasteiger partial charge in [-0.3, -0.25) is 14.4 Å². The van der Waals surface area contributed by atoms with Gasteiger partial charge in [-0.05, 0) is 87.5 Å². The van der Waals surface area contributed by atoms with E-state index in [0.717, 1.165) is 151 Å². The molecule has 2 amide bonds. The van der Waals surface area contributed by atoms with Gasteiger partial charge in [0.25, 0.3) is 0 Å². The van der Waals surface area contributed by atoms with Crippen molar-refractivity contribution in [2.45, 2.75) is 130 Å². The molecule has 0 saturated carbocycles. The molecule has 2 aromatic rings. The van der Waals surface area contributed by atoms with Crippen LogP contribution in [0.25, 0.3) is 11.1 Å². The number of hydrogen-bond acceptors (Lipinski definition) is 5. The Morgan fingerprint density at radius 3 is 2.00 bits per heavy atom. The number of nitrogens with one attached hydrogen (secondary N) is 2. The van der Waals surface area contributed by atoms with Crippen LogP contribution in [0, 0.1) is 11.8 Å². The highest BCUT2D eigenvalue weighted by Gasteiger charge is 2.37. The molecule has 0 radical (unpaired) electrons. The highest BCUT2D eigenvalue weighted by molar-refractivity contribution is 6.52. The van der Waals surface area contributed by atoms with Crippen molar-refractivity contribution in [2.24, 2.45) is 11.8 Å². The van der Waals surface area contributed by atoms with E-state index in [4.69, 9.17) is 0 Å². The van der Waals surface area contributed by atoms with Crippen molar-refractivity contribution in [3.05, 3.63) is 56.3 Å². The Morgan fingerprint density at radius 1 is 0.769 bits per heavy atom. The Morgan fingerprint density at radius 2 is 1.37 bits per heavy atom. The quantitative estimate of drug-likeness (QED) is 0.265. The van der Waals surface area contributed by atoms with Crippen LogP contribution in [0.1, 0.15) is 133 Å². The molecule has 2 atom stereocenters. The summed E-state index contributed by atoms with van der Waals surface area (Å²) < 4.78 is 2.43. The van der Waals surface area contributed by atoms with Crippen LogP contribution in [0.2, 0.25) is 0 Å². The molecule has 2 unspecified atom stereocenters. The van der Waals surface area contributed by atoms with E-state index in [0.29, 0.717) is 22.2 Å². The molecule has 2 N–H and O–H groups in total. The number of anilines is 3. The Labute approximate surface area is 309 Å². The molecule has 4 heterocycles. The van der Waals surface area contributed by atoms with Gasteiger partial charge < -0.3 is 20.6 Å². The third-order valence-corrected chi connectivity index (χ3v) is 12.5. The van der Waals surface area contributed by atoms with E-state index in [1.807, 2.05) is 12.1 Å². The number of benzene rings is 2. The fourth-order valence-electron chi connectivity index (χ4n) is 9.68. The minimum absolute atomic E-state index is 0.0257. The first kappa shape index (κ1) is 36.4. The lowest BCUT2D eigenvalue weighted by Crippen LogP contribution is -2.46. The number of unbranched alkanes of at least 4 members (excludes halogenated alkanes) is 2. The van der Waals surface area contributed by atoms with E-state index in [-0.39, 0.29) is 46.3 Å². The molecule has 0 spiro atoms. The predicted octanol–water partition coefficient (Wildman–Crippen LogP) is 5.58. The van der Waals surface area contributed by atoms with E-state index in [1.54, 1.807) is 0 Å². The number of nitrogens with zero attached hydrogens (tertiary/aromatic N) is 2. The van der Waals surface area contributed by atoms with Crippen molar-refractivity contribution in [1.29, 1.82) is 0 Å². The maximum absolute atomic E-state index is 14.7. The van der Waals surface area contributed by atoms with Crippen LogP contribution >= 0.6 is 0 Å². The van der Waals surface area contributed by atoms with Crippen LogP contribution in [-0.2, 0) is 40.1 Å². The van der Waals surface area contributed by atoms with Gasteiger partial charge in [0.1, 0.15) is 13.1 Å². The third-order valence-electron chi connectivity index (χ3n) is 12.5. The molecule has 8 nitrogen and oxygen atoms in total. The lowest BCUT2D eigenvalue weighted by molar-refractivity contribution is -0.292. The maximum Gasteiger partial charge on any atom is 0.227 e. The molecule has 0 fully saturated rings. The van der Waals surface area contributed by atoms with E-state index in [9.17, 15) is 19.5 Å². The number of ketones is 1. The second-order valence-electron chi connectivity index (χ2n) is 15.8. The molecule has 8 heteroatoms. The van der Waals surface area contributed by atoms with Gasteiger partial charge in [-0.15, -0.1) is 0 Å². The predicted molar refractivity (Wildman–Crippen MR) is 208 cm³/mol. The monoisotopic (exact) mass is 706 g/mol. The van der Waals surface area contributed by atoms with Crippen molar-refractivity contribution in [1.82, 2.24) is 4.58 Å². The van der Waals surface area contributed by atoms with Gasteiger partial charge in [0.2, 0.25) is 17.2 Å². The summed E-state index contributed by atoms with van der Waals surface area (Å²) >= 11 is 0. The highest BCUT2D eigenvalue weighted by atomic mass is 16.3. The van der Waals surface area contributed by atoms with Crippen molar-refractivity contribution < 1.29 is 19.5 Å². The van der Waals surface area contributed by atoms with Crippen molar-refractivity contribution >= 4 is 45.8 Å². The van der Waals surface area contributed by atoms with Crippen molar-refractivity contribution in [3.63, 3.8) is 0 Å². The Kier molecular flexibility index (Phi) is 10.9. The van der Waals surface area contributed by atoms with Gasteiger partial charge >= 0.3 is 0 Å². The highest BCUT2D eigenvalue weighted by Crippen LogP contribution is 2.47. The average molecular weight is 707 g/mol. The molecule has 7 rings (SSSR count). The van der Waals surface area contributed by atoms with Gasteiger partial charge in [-0.25, -0.2) is 4.58 Å². The molecule has 0 saturated heterocycles. The minimum atomic E-state index is -0.279. The van der Waals surface area contributed by atoms with Gasteiger partial charge in [0, 0.05) is 76.5 Å². The number of carbonyl (C=O) groups is 3. The molecule has 1 aliphatic carbocycles. The molecule has 4 aliphatic heterocycles. The SMILES string of the molecule is CCCCC(CC)C(=O)Nc1c(C2=C([O-])/C(=c3/cc4c5c(c3NC(=O)C(CC)CCCC)CCC[N+]=5CCC4)C2=O)cc2c3c1CCCN3CCC2. The van der Waals surface area contributed by atoms with E-state index in [2.05, 4.69) is 47.8 Å². The van der Waals surface area contributed by atoms with Crippen LogP contribution in [0.4, 0.5) is 17.1 Å². The number of carbonyl (C=O) groups excluding carboxylic acids is 3. The zero-order valence-electron chi connectivity index (χ0n) is 32.0. The topological polar surface area (TPSA) is 105 Å². The summed E-state index contributed by atoms with van der Waals surface area (Å²) in [5.41, 5.74) is 7.91. The van der Waals surface area contributed by atoms with E-state index >= 15 is 0 Å². The normalized spacial score (nSPS) is 19.8. The zero-order chi connectivity index (χ0) is 36.5. The molecule has 2 aromatic carbocycles. The summed E-state index contributed by atoms with van der Waals surface area (Å²) in [7, 11) is 0. The van der Waals surface area contributed by atoms with E-state index < -0.39 is 0 Å². The van der Waals surface area contributed by atoms with Gasteiger partial charge in [0.15, 0.2) is 5.78 Å². The van der Waals surface area contributed by atoms with Gasteiger partial charge in [-0.2, -0.15) is 0 Å². The number of Topliss-reactive ketones (excluding diaryl/α,β-unsaturated/α-hetero) is 1. The van der Waals surface area contributed by atoms with Crippen LogP contribution in [0.5, 0.6) is 0 Å². The third kappa shape index (κ3) is 6.49. The lowest BCUT2D eigenvalue weighted by atomic mass is 9.77. The van der Waals surface area contributed by atoms with Gasteiger partial charge in [-0.1, -0.05) is 59.1 Å². The lowest BCUT2D eigenvalue weighted by Gasteiger charge is -2.40. The fourth-order valence-corrected chi connectivity index (χ4v) is 9.68. The van der Waals surface area contributed by atoms with Crippen LogP contribution < -0.4 is 35.8 Å². The number of rotatable bonds is 13. The summed E-state index contributed by atoms with van der Waals surface area (Å²) in [5, 5.41) is 23.1. The molecule has 0 bridgehead atoms. The standard InChI is InChI=1S/C44H58N4O4/c1-5-9-15-27(7-3)43(51)45-37-31-19-13-23-47-21-11-17-29(39(31)47)25-33(37)35-41(49)36(42(35)50)34-26-30-18-12-22-48-24-14-20-32(40(30)48)38(34)46-44(52)28(8-4)16-10-6-2/h25-28H,5-24H2,1-4H3,(H2,45,46,49,50,51,52). The summed E-state index contributed by atoms with van der Waals surface area (Å²) in [5.74, 6) is -0.864. The Hall–Kier alpha value is -3.94. The van der Waals surface area contributed by atoms with Crippen molar-refractivity contribution in [2.75, 3.05) is 41.7 Å². The number of hydrogen-bond donors (Lipinski definition) is 2. The maximum atomic E-state index is 14.7. The summed E-state index contributed by atoms with van der Waals surface area (Å²) in [6, 6.07) is 4.08. The Balaban J connectivity index is 1.41. The average Bonchev–Trinajstić information content (AvgIpc) is 3.15. The number of aryl methyl sites for hydroxylation is 2. The van der Waals surface area contributed by atoms with Crippen LogP contribution in [-0.4, -0.2) is 43.8 Å². The zero-order valence-corrected chi connectivity index (χ0v) is 32.0. The smallest absolute Gasteiger partial charge is 0.227 e. The number of allylic oxidation sites excluding steroid dienone is 2. The molecule has 5 aliphatic rings. The minimum Gasteiger partial charge on any atom is -0.871 e. The summed E-state index contributed by atoms with van der Waals surface area (Å²) in [6.45, 7) is 12.3. The van der Waals surface area contributed by atoms with Crippen molar-refractivity contribution in [3.8, 4) is 0 Å². The first-order chi connectivity index (χ1) is 25.3. The Bertz CT molecular complexity index is 1940. The van der Waals surface area contributed by atoms with Gasteiger partial charge in [0.05, 0.1) is 11.4 Å². The molecular formula is C44H58N4O4. The fraction of sp³-hybridized carbons (Fsp3) is 0.591. The molecule has 52 heavy (non-hydrogen) atoms. The first-order valence-electron chi connectivity index (χ1n) is 20.6. The second kappa shape index (κ2) is 15.6. The molecule has 0 aromatic heterocycles. The largest absolute Gasteiger partial charge is 0.871 e.